The molecule has 0 bridgehead atoms. The molecule has 1 aromatic heterocycles. The SMILES string of the molecule is CC(C)CN1CCOC(CNC(=O)Cc2csc(-c3ccc(C(F)(F)F)cc3)n2)C1. The molecule has 1 N–H and O–H groups in total. The molecule has 0 saturated carbocycles. The molecule has 3 rings (SSSR count). The van der Waals surface area contributed by atoms with Crippen LogP contribution >= 0.6 is 11.3 Å². The lowest BCUT2D eigenvalue weighted by molar-refractivity contribution is -0.137. The zero-order chi connectivity index (χ0) is 21.7. The Morgan fingerprint density at radius 3 is 2.73 bits per heavy atom. The quantitative estimate of drug-likeness (QED) is 0.709. The Bertz CT molecular complexity index is 837. The van der Waals surface area contributed by atoms with Crippen LogP contribution in [0, 0.1) is 5.92 Å². The number of alkyl halides is 3. The molecule has 5 nitrogen and oxygen atoms in total. The van der Waals surface area contributed by atoms with Crippen LogP contribution in [0.15, 0.2) is 29.6 Å². The molecule has 30 heavy (non-hydrogen) atoms. The highest BCUT2D eigenvalue weighted by molar-refractivity contribution is 7.13. The number of hydrogen-bond donors (Lipinski definition) is 1. The molecular weight excluding hydrogens is 415 g/mol. The Balaban J connectivity index is 1.49. The molecule has 9 heteroatoms. The normalized spacial score (nSPS) is 18.0. The number of rotatable bonds is 7. The van der Waals surface area contributed by atoms with Gasteiger partial charge in [0.15, 0.2) is 0 Å². The second kappa shape index (κ2) is 9.89. The van der Waals surface area contributed by atoms with Crippen LogP contribution in [0.5, 0.6) is 0 Å². The van der Waals surface area contributed by atoms with E-state index in [1.807, 2.05) is 0 Å². The largest absolute Gasteiger partial charge is 0.416 e. The number of aromatic nitrogens is 1. The van der Waals surface area contributed by atoms with Gasteiger partial charge in [-0.1, -0.05) is 26.0 Å². The van der Waals surface area contributed by atoms with Gasteiger partial charge in [0, 0.05) is 37.1 Å². The minimum Gasteiger partial charge on any atom is -0.374 e. The second-order valence-electron chi connectivity index (χ2n) is 7.85. The maximum atomic E-state index is 12.7. The number of thiazole rings is 1. The zero-order valence-electron chi connectivity index (χ0n) is 17.0. The first-order valence-corrected chi connectivity index (χ1v) is 10.8. The van der Waals surface area contributed by atoms with E-state index in [1.165, 1.54) is 23.5 Å². The first-order chi connectivity index (χ1) is 14.2. The van der Waals surface area contributed by atoms with Crippen LogP contribution in [-0.2, 0) is 22.1 Å². The van der Waals surface area contributed by atoms with Crippen molar-refractivity contribution < 1.29 is 22.7 Å². The van der Waals surface area contributed by atoms with Gasteiger partial charge in [-0.3, -0.25) is 9.69 Å². The Morgan fingerprint density at radius 2 is 2.07 bits per heavy atom. The molecule has 1 saturated heterocycles. The van der Waals surface area contributed by atoms with Gasteiger partial charge in [0.2, 0.25) is 5.91 Å². The van der Waals surface area contributed by atoms with Gasteiger partial charge in [-0.25, -0.2) is 4.98 Å². The smallest absolute Gasteiger partial charge is 0.374 e. The number of halogens is 3. The van der Waals surface area contributed by atoms with E-state index in [4.69, 9.17) is 4.74 Å². The van der Waals surface area contributed by atoms with Gasteiger partial charge in [-0.05, 0) is 18.1 Å². The molecule has 0 spiro atoms. The van der Waals surface area contributed by atoms with Crippen molar-refractivity contribution in [3.05, 3.63) is 40.9 Å². The molecule has 164 valence electrons. The molecule has 1 amide bonds. The van der Waals surface area contributed by atoms with Gasteiger partial charge >= 0.3 is 6.18 Å². The van der Waals surface area contributed by atoms with E-state index in [2.05, 4.69) is 29.0 Å². The van der Waals surface area contributed by atoms with Gasteiger partial charge in [-0.2, -0.15) is 13.2 Å². The number of nitrogens with one attached hydrogen (secondary N) is 1. The summed E-state index contributed by atoms with van der Waals surface area (Å²) in [6.45, 7) is 8.19. The highest BCUT2D eigenvalue weighted by Gasteiger charge is 2.30. The van der Waals surface area contributed by atoms with Crippen LogP contribution in [0.4, 0.5) is 13.2 Å². The van der Waals surface area contributed by atoms with Crippen LogP contribution in [0.2, 0.25) is 0 Å². The average molecular weight is 442 g/mol. The van der Waals surface area contributed by atoms with Gasteiger partial charge in [0.1, 0.15) is 5.01 Å². The van der Waals surface area contributed by atoms with Gasteiger partial charge < -0.3 is 10.1 Å². The van der Waals surface area contributed by atoms with Gasteiger partial charge in [0.25, 0.3) is 0 Å². The third-order valence-corrected chi connectivity index (χ3v) is 5.67. The fraction of sp³-hybridized carbons (Fsp3) is 0.524. The number of ether oxygens (including phenoxy) is 1. The summed E-state index contributed by atoms with van der Waals surface area (Å²) in [5.41, 5.74) is 0.498. The van der Waals surface area contributed by atoms with E-state index in [-0.39, 0.29) is 18.4 Å². The van der Waals surface area contributed by atoms with E-state index < -0.39 is 11.7 Å². The molecule has 2 heterocycles. The summed E-state index contributed by atoms with van der Waals surface area (Å²) in [6.07, 6.45) is -4.27. The molecule has 1 fully saturated rings. The van der Waals surface area contributed by atoms with Gasteiger partial charge in [-0.15, -0.1) is 11.3 Å². The molecular formula is C21H26F3N3O2S. The number of nitrogens with zero attached hydrogens (tertiary/aromatic N) is 2. The molecule has 2 aromatic rings. The number of morpholine rings is 1. The lowest BCUT2D eigenvalue weighted by Crippen LogP contribution is -2.48. The van der Waals surface area contributed by atoms with Crippen molar-refractivity contribution in [3.8, 4) is 10.6 Å². The lowest BCUT2D eigenvalue weighted by atomic mass is 10.1. The van der Waals surface area contributed by atoms with Crippen LogP contribution in [-0.4, -0.2) is 54.7 Å². The van der Waals surface area contributed by atoms with Crippen LogP contribution < -0.4 is 5.32 Å². The summed E-state index contributed by atoms with van der Waals surface area (Å²) in [7, 11) is 0. The predicted octanol–water partition coefficient (Wildman–Crippen LogP) is 3.84. The molecule has 1 aliphatic rings. The van der Waals surface area contributed by atoms with Gasteiger partial charge in [0.05, 0.1) is 30.4 Å². The van der Waals surface area contributed by atoms with Crippen molar-refractivity contribution in [1.29, 1.82) is 0 Å². The van der Waals surface area contributed by atoms with Crippen LogP contribution in [0.25, 0.3) is 10.6 Å². The first kappa shape index (κ1) is 22.7. The van der Waals surface area contributed by atoms with Crippen molar-refractivity contribution in [2.45, 2.75) is 32.5 Å². The summed E-state index contributed by atoms with van der Waals surface area (Å²) >= 11 is 1.31. The number of carbonyl (C=O) groups excluding carboxylic acids is 1. The molecule has 0 aliphatic carbocycles. The molecule has 1 atom stereocenters. The third kappa shape index (κ3) is 6.52. The molecule has 0 radical (unpaired) electrons. The van der Waals surface area contributed by atoms with Crippen molar-refractivity contribution >= 4 is 17.2 Å². The minimum absolute atomic E-state index is 0.0282. The number of amides is 1. The monoisotopic (exact) mass is 441 g/mol. The maximum absolute atomic E-state index is 12.7. The van der Waals surface area contributed by atoms with E-state index in [1.54, 1.807) is 5.38 Å². The third-order valence-electron chi connectivity index (χ3n) is 4.73. The average Bonchev–Trinajstić information content (AvgIpc) is 3.14. The summed E-state index contributed by atoms with van der Waals surface area (Å²) in [5, 5.41) is 5.24. The highest BCUT2D eigenvalue weighted by atomic mass is 32.1. The van der Waals surface area contributed by atoms with E-state index in [9.17, 15) is 18.0 Å². The van der Waals surface area contributed by atoms with Crippen molar-refractivity contribution in [1.82, 2.24) is 15.2 Å². The van der Waals surface area contributed by atoms with Crippen molar-refractivity contribution in [2.75, 3.05) is 32.8 Å². The number of benzene rings is 1. The minimum atomic E-state index is -4.36. The Kier molecular flexibility index (Phi) is 7.49. The lowest BCUT2D eigenvalue weighted by Gasteiger charge is -2.33. The number of hydrogen-bond acceptors (Lipinski definition) is 5. The summed E-state index contributed by atoms with van der Waals surface area (Å²) < 4.78 is 43.8. The van der Waals surface area contributed by atoms with Crippen molar-refractivity contribution in [3.63, 3.8) is 0 Å². The van der Waals surface area contributed by atoms with Crippen molar-refractivity contribution in [2.24, 2.45) is 5.92 Å². The highest BCUT2D eigenvalue weighted by Crippen LogP contribution is 2.31. The fourth-order valence-electron chi connectivity index (χ4n) is 3.36. The predicted molar refractivity (Wildman–Crippen MR) is 110 cm³/mol. The van der Waals surface area contributed by atoms with E-state index in [0.717, 1.165) is 31.8 Å². The van der Waals surface area contributed by atoms with Crippen LogP contribution in [0.1, 0.15) is 25.1 Å². The summed E-state index contributed by atoms with van der Waals surface area (Å²) in [6, 6.07) is 4.87. The summed E-state index contributed by atoms with van der Waals surface area (Å²) in [4.78, 5) is 19.0. The molecule has 1 aromatic carbocycles. The standard InChI is InChI=1S/C21H26F3N3O2S/c1-14(2)11-27-7-8-29-18(12-27)10-25-19(28)9-17-13-30-20(26-17)15-3-5-16(6-4-15)21(22,23)24/h3-6,13-14,18H,7-12H2,1-2H3,(H,25,28). The maximum Gasteiger partial charge on any atom is 0.416 e. The number of carbonyl (C=O) groups is 1. The Morgan fingerprint density at radius 1 is 1.33 bits per heavy atom. The summed E-state index contributed by atoms with van der Waals surface area (Å²) in [5.74, 6) is 0.436. The molecule has 1 aliphatic heterocycles. The van der Waals surface area contributed by atoms with E-state index >= 15 is 0 Å². The molecule has 1 unspecified atom stereocenters. The fourth-order valence-corrected chi connectivity index (χ4v) is 4.19. The Labute approximate surface area is 178 Å². The second-order valence-corrected chi connectivity index (χ2v) is 8.70. The Hall–Kier alpha value is -1.97. The first-order valence-electron chi connectivity index (χ1n) is 9.93. The zero-order valence-corrected chi connectivity index (χ0v) is 17.9. The van der Waals surface area contributed by atoms with Crippen LogP contribution in [0.3, 0.4) is 0 Å². The topological polar surface area (TPSA) is 54.5 Å². The van der Waals surface area contributed by atoms with E-state index in [0.29, 0.717) is 35.3 Å².